The Morgan fingerprint density at radius 2 is 2.15 bits per heavy atom. The third-order valence-corrected chi connectivity index (χ3v) is 2.99. The molecule has 70 valence electrons. The van der Waals surface area contributed by atoms with Gasteiger partial charge in [-0.15, -0.1) is 0 Å². The van der Waals surface area contributed by atoms with Crippen molar-refractivity contribution in [3.05, 3.63) is 21.0 Å². The zero-order valence-corrected chi connectivity index (χ0v) is 8.67. The van der Waals surface area contributed by atoms with Crippen molar-refractivity contribution in [2.24, 2.45) is 0 Å². The molecule has 2 heterocycles. The number of halogens is 1. The smallest absolute Gasteiger partial charge is 0.280 e. The molecule has 4 nitrogen and oxygen atoms in total. The van der Waals surface area contributed by atoms with Crippen LogP contribution in [0.4, 0.5) is 5.69 Å². The van der Waals surface area contributed by atoms with Crippen LogP contribution < -0.4 is 10.5 Å². The van der Waals surface area contributed by atoms with Crippen LogP contribution in [0.2, 0.25) is 0 Å². The van der Waals surface area contributed by atoms with Crippen LogP contribution in [0.3, 0.4) is 0 Å². The van der Waals surface area contributed by atoms with E-state index in [0.29, 0.717) is 4.47 Å². The molecule has 0 atom stereocenters. The van der Waals surface area contributed by atoms with Gasteiger partial charge in [0.15, 0.2) is 0 Å². The number of anilines is 1. The minimum atomic E-state index is -0.163. The Balaban J connectivity index is 2.39. The predicted molar refractivity (Wildman–Crippen MR) is 54.0 cm³/mol. The molecular formula is C8H10BrN3O. The lowest BCUT2D eigenvalue weighted by Crippen LogP contribution is -2.22. The molecule has 1 saturated heterocycles. The average molecular weight is 244 g/mol. The zero-order chi connectivity index (χ0) is 9.26. The topological polar surface area (TPSA) is 49.0 Å². The summed E-state index contributed by atoms with van der Waals surface area (Å²) >= 11 is 3.26. The highest BCUT2D eigenvalue weighted by Crippen LogP contribution is 2.24. The number of hydrogen-bond acceptors (Lipinski definition) is 3. The molecule has 1 N–H and O–H groups in total. The lowest BCUT2D eigenvalue weighted by molar-refractivity contribution is 0.912. The molecule has 0 aliphatic carbocycles. The average Bonchev–Trinajstić information content (AvgIpc) is 2.62. The van der Waals surface area contributed by atoms with Gasteiger partial charge in [0.25, 0.3) is 5.56 Å². The second-order valence-electron chi connectivity index (χ2n) is 3.09. The lowest BCUT2D eigenvalue weighted by atomic mass is 10.4. The monoisotopic (exact) mass is 243 g/mol. The van der Waals surface area contributed by atoms with E-state index < -0.39 is 0 Å². The molecule has 5 heteroatoms. The summed E-state index contributed by atoms with van der Waals surface area (Å²) in [6, 6.07) is 0. The largest absolute Gasteiger partial charge is 0.369 e. The fourth-order valence-electron chi connectivity index (χ4n) is 1.55. The molecular weight excluding hydrogens is 234 g/mol. The predicted octanol–water partition coefficient (Wildman–Crippen LogP) is 1.13. The first-order valence-electron chi connectivity index (χ1n) is 4.27. The van der Waals surface area contributed by atoms with Gasteiger partial charge in [0.05, 0.1) is 11.9 Å². The first-order valence-corrected chi connectivity index (χ1v) is 5.06. The summed E-state index contributed by atoms with van der Waals surface area (Å²) < 4.78 is 0.587. The van der Waals surface area contributed by atoms with E-state index in [1.165, 1.54) is 12.8 Å². The molecule has 1 aliphatic heterocycles. The second-order valence-corrected chi connectivity index (χ2v) is 3.89. The molecule has 1 aromatic rings. The van der Waals surface area contributed by atoms with Crippen molar-refractivity contribution in [2.75, 3.05) is 18.0 Å². The number of H-pyrrole nitrogens is 1. The van der Waals surface area contributed by atoms with Gasteiger partial charge in [0.1, 0.15) is 4.47 Å². The van der Waals surface area contributed by atoms with Crippen LogP contribution in [-0.2, 0) is 0 Å². The van der Waals surface area contributed by atoms with Crippen molar-refractivity contribution in [3.8, 4) is 0 Å². The summed E-state index contributed by atoms with van der Waals surface area (Å²) in [7, 11) is 0. The van der Waals surface area contributed by atoms with Crippen molar-refractivity contribution in [3.63, 3.8) is 0 Å². The Hall–Kier alpha value is -0.840. The van der Waals surface area contributed by atoms with Crippen LogP contribution in [0.1, 0.15) is 12.8 Å². The lowest BCUT2D eigenvalue weighted by Gasteiger charge is -2.17. The van der Waals surface area contributed by atoms with E-state index in [0.717, 1.165) is 18.8 Å². The van der Waals surface area contributed by atoms with Crippen molar-refractivity contribution in [1.82, 2.24) is 10.2 Å². The summed E-state index contributed by atoms with van der Waals surface area (Å²) in [6.45, 7) is 2.04. The molecule has 1 fully saturated rings. The van der Waals surface area contributed by atoms with Gasteiger partial charge in [-0.1, -0.05) is 0 Å². The molecule has 13 heavy (non-hydrogen) atoms. The number of aromatic nitrogens is 2. The molecule has 0 aromatic carbocycles. The highest BCUT2D eigenvalue weighted by Gasteiger charge is 2.16. The zero-order valence-electron chi connectivity index (χ0n) is 7.09. The highest BCUT2D eigenvalue weighted by atomic mass is 79.9. The molecule has 1 aliphatic rings. The molecule has 0 radical (unpaired) electrons. The molecule has 0 unspecified atom stereocenters. The standard InChI is InChI=1S/C8H10BrN3O/c9-7-6(5-10-11-8(7)13)12-3-1-2-4-12/h5H,1-4H2,(H,11,13). The van der Waals surface area contributed by atoms with Crippen LogP contribution in [0.15, 0.2) is 15.5 Å². The number of nitrogens with one attached hydrogen (secondary N) is 1. The SMILES string of the molecule is O=c1[nH]ncc(N2CCCC2)c1Br. The number of nitrogens with zero attached hydrogens (tertiary/aromatic N) is 2. The highest BCUT2D eigenvalue weighted by molar-refractivity contribution is 9.10. The van der Waals surface area contributed by atoms with E-state index in [-0.39, 0.29) is 5.56 Å². The fourth-order valence-corrected chi connectivity index (χ4v) is 1.99. The molecule has 2 rings (SSSR count). The van der Waals surface area contributed by atoms with Gasteiger partial charge >= 0.3 is 0 Å². The van der Waals surface area contributed by atoms with Crippen molar-refractivity contribution in [2.45, 2.75) is 12.8 Å². The summed E-state index contributed by atoms with van der Waals surface area (Å²) in [5.41, 5.74) is 0.741. The molecule has 1 aromatic heterocycles. The number of hydrogen-bond donors (Lipinski definition) is 1. The quantitative estimate of drug-likeness (QED) is 0.805. The van der Waals surface area contributed by atoms with E-state index >= 15 is 0 Å². The van der Waals surface area contributed by atoms with Crippen LogP contribution >= 0.6 is 15.9 Å². The molecule has 0 saturated carbocycles. The third kappa shape index (κ3) is 1.60. The maximum absolute atomic E-state index is 11.2. The summed E-state index contributed by atoms with van der Waals surface area (Å²) in [5.74, 6) is 0. The minimum absolute atomic E-state index is 0.163. The van der Waals surface area contributed by atoms with Gasteiger partial charge in [-0.3, -0.25) is 4.79 Å². The third-order valence-electron chi connectivity index (χ3n) is 2.22. The van der Waals surface area contributed by atoms with Gasteiger partial charge < -0.3 is 4.90 Å². The van der Waals surface area contributed by atoms with Crippen LogP contribution in [0.5, 0.6) is 0 Å². The van der Waals surface area contributed by atoms with Crippen LogP contribution in [0, 0.1) is 0 Å². The minimum Gasteiger partial charge on any atom is -0.369 e. The maximum Gasteiger partial charge on any atom is 0.280 e. The Kier molecular flexibility index (Phi) is 2.35. The summed E-state index contributed by atoms with van der Waals surface area (Å²) in [4.78, 5) is 13.4. The van der Waals surface area contributed by atoms with Gasteiger partial charge in [0.2, 0.25) is 0 Å². The Morgan fingerprint density at radius 1 is 1.46 bits per heavy atom. The Bertz CT molecular complexity index is 357. The Labute approximate surface area is 84.1 Å². The van der Waals surface area contributed by atoms with Crippen LogP contribution in [0.25, 0.3) is 0 Å². The first kappa shape index (κ1) is 8.74. The molecule has 0 amide bonds. The second kappa shape index (κ2) is 3.49. The van der Waals surface area contributed by atoms with E-state index in [1.54, 1.807) is 6.20 Å². The van der Waals surface area contributed by atoms with Crippen LogP contribution in [-0.4, -0.2) is 23.3 Å². The molecule has 0 spiro atoms. The van der Waals surface area contributed by atoms with E-state index in [9.17, 15) is 4.79 Å². The van der Waals surface area contributed by atoms with Gasteiger partial charge in [-0.05, 0) is 28.8 Å². The number of rotatable bonds is 1. The fraction of sp³-hybridized carbons (Fsp3) is 0.500. The number of aromatic amines is 1. The molecule has 0 bridgehead atoms. The van der Waals surface area contributed by atoms with Gasteiger partial charge in [0, 0.05) is 13.1 Å². The maximum atomic E-state index is 11.2. The van der Waals surface area contributed by atoms with E-state index in [4.69, 9.17) is 0 Å². The van der Waals surface area contributed by atoms with E-state index in [1.807, 2.05) is 0 Å². The first-order chi connectivity index (χ1) is 6.29. The van der Waals surface area contributed by atoms with Crippen molar-refractivity contribution < 1.29 is 0 Å². The summed E-state index contributed by atoms with van der Waals surface area (Å²) in [6.07, 6.45) is 4.08. The van der Waals surface area contributed by atoms with Crippen molar-refractivity contribution >= 4 is 21.6 Å². The normalized spacial score (nSPS) is 16.5. The Morgan fingerprint density at radius 3 is 2.85 bits per heavy atom. The van der Waals surface area contributed by atoms with Gasteiger partial charge in [-0.2, -0.15) is 5.10 Å². The van der Waals surface area contributed by atoms with Crippen molar-refractivity contribution in [1.29, 1.82) is 0 Å². The van der Waals surface area contributed by atoms with E-state index in [2.05, 4.69) is 31.0 Å². The summed E-state index contributed by atoms with van der Waals surface area (Å²) in [5, 5.41) is 6.16. The van der Waals surface area contributed by atoms with Gasteiger partial charge in [-0.25, -0.2) is 5.10 Å².